The van der Waals surface area contributed by atoms with E-state index in [1.165, 1.54) is 0 Å². The first-order chi connectivity index (χ1) is 7.10. The molecule has 0 rings (SSSR count). The molecule has 0 saturated carbocycles. The van der Waals surface area contributed by atoms with E-state index in [1.54, 1.807) is 6.92 Å². The Morgan fingerprint density at radius 2 is 1.69 bits per heavy atom. The van der Waals surface area contributed by atoms with Crippen molar-refractivity contribution in [1.29, 1.82) is 0 Å². The van der Waals surface area contributed by atoms with Gasteiger partial charge in [-0.15, -0.1) is 0 Å². The van der Waals surface area contributed by atoms with Gasteiger partial charge in [0.05, 0.1) is 25.2 Å². The van der Waals surface area contributed by atoms with Gasteiger partial charge in [0.1, 0.15) is 0 Å². The Morgan fingerprint density at radius 3 is 2.12 bits per heavy atom. The van der Waals surface area contributed by atoms with Crippen LogP contribution in [-0.4, -0.2) is 55.1 Å². The van der Waals surface area contributed by atoms with Crippen molar-refractivity contribution < 1.29 is 25.2 Å². The van der Waals surface area contributed by atoms with E-state index in [2.05, 4.69) is 13.7 Å². The second-order valence-corrected chi connectivity index (χ2v) is 6.59. The highest BCUT2D eigenvalue weighted by Gasteiger charge is 2.09. The lowest BCUT2D eigenvalue weighted by Crippen LogP contribution is -2.31. The average Bonchev–Trinajstić information content (AvgIpc) is 1.97. The quantitative estimate of drug-likeness (QED) is 0.444. The van der Waals surface area contributed by atoms with Crippen molar-refractivity contribution in [2.45, 2.75) is 13.0 Å². The van der Waals surface area contributed by atoms with Crippen molar-refractivity contribution in [2.24, 2.45) is 0 Å². The van der Waals surface area contributed by atoms with Crippen LogP contribution in [0, 0.1) is 0 Å². The van der Waals surface area contributed by atoms with E-state index in [1.807, 2.05) is 0 Å². The first-order valence-corrected chi connectivity index (χ1v) is 8.17. The van der Waals surface area contributed by atoms with Crippen molar-refractivity contribution in [3.8, 4) is 0 Å². The highest BCUT2D eigenvalue weighted by atomic mass is 32.2. The molecule has 0 aromatic carbocycles. The van der Waals surface area contributed by atoms with Crippen LogP contribution < -0.4 is 5.32 Å². The number of hydrogen-bond acceptors (Lipinski definition) is 7. The maximum atomic E-state index is 10.7. The summed E-state index contributed by atoms with van der Waals surface area (Å²) >= 11 is 0. The summed E-state index contributed by atoms with van der Waals surface area (Å²) in [6.45, 7) is 2.18. The minimum absolute atomic E-state index is 0.00439. The van der Waals surface area contributed by atoms with Gasteiger partial charge in [-0.05, 0) is 6.92 Å². The van der Waals surface area contributed by atoms with Crippen LogP contribution in [-0.2, 0) is 28.6 Å². The fourth-order valence-electron chi connectivity index (χ4n) is 0.903. The molecule has 0 aromatic heterocycles. The van der Waals surface area contributed by atoms with E-state index in [4.69, 9.17) is 0 Å². The van der Waals surface area contributed by atoms with Crippen LogP contribution in [0.4, 0.5) is 0 Å². The number of hydrogen-bond donors (Lipinski definition) is 1. The second kappa shape index (κ2) is 6.50. The van der Waals surface area contributed by atoms with E-state index in [0.29, 0.717) is 13.1 Å². The van der Waals surface area contributed by atoms with Gasteiger partial charge in [0, 0.05) is 13.1 Å². The zero-order valence-corrected chi connectivity index (χ0v) is 11.1. The third-order valence-electron chi connectivity index (χ3n) is 1.35. The number of nitrogens with one attached hydrogen (secondary N) is 1. The van der Waals surface area contributed by atoms with Crippen LogP contribution in [0.15, 0.2) is 0 Å². The van der Waals surface area contributed by atoms with Gasteiger partial charge in [0.25, 0.3) is 20.2 Å². The predicted octanol–water partition coefficient (Wildman–Crippen LogP) is -1.08. The molecule has 0 aliphatic carbocycles. The van der Waals surface area contributed by atoms with Crippen molar-refractivity contribution in [1.82, 2.24) is 5.32 Å². The van der Waals surface area contributed by atoms with Gasteiger partial charge in [-0.3, -0.25) is 8.37 Å². The summed E-state index contributed by atoms with van der Waals surface area (Å²) < 4.78 is 51.6. The zero-order chi connectivity index (χ0) is 12.8. The third-order valence-corrected chi connectivity index (χ3v) is 2.62. The van der Waals surface area contributed by atoms with Crippen molar-refractivity contribution in [3.63, 3.8) is 0 Å². The molecule has 0 aliphatic heterocycles. The predicted molar refractivity (Wildman–Crippen MR) is 59.1 cm³/mol. The lowest BCUT2D eigenvalue weighted by molar-refractivity contribution is 0.222. The van der Waals surface area contributed by atoms with E-state index < -0.39 is 26.3 Å². The van der Waals surface area contributed by atoms with Gasteiger partial charge in [-0.25, -0.2) is 0 Å². The van der Waals surface area contributed by atoms with Gasteiger partial charge < -0.3 is 5.32 Å². The SMILES string of the molecule is C[C@H](CNCCOS(C)(=O)=O)OS(C)(=O)=O. The highest BCUT2D eigenvalue weighted by molar-refractivity contribution is 7.86. The zero-order valence-electron chi connectivity index (χ0n) is 9.46. The Morgan fingerprint density at radius 1 is 1.12 bits per heavy atom. The highest BCUT2D eigenvalue weighted by Crippen LogP contribution is 1.95. The molecule has 0 radical (unpaired) electrons. The smallest absolute Gasteiger partial charge is 0.264 e. The molecule has 0 amide bonds. The van der Waals surface area contributed by atoms with E-state index >= 15 is 0 Å². The Hall–Kier alpha value is -0.220. The van der Waals surface area contributed by atoms with Gasteiger partial charge >= 0.3 is 0 Å². The van der Waals surface area contributed by atoms with Crippen LogP contribution in [0.25, 0.3) is 0 Å². The van der Waals surface area contributed by atoms with Crippen molar-refractivity contribution in [2.75, 3.05) is 32.2 Å². The van der Waals surface area contributed by atoms with Crippen LogP contribution in [0.5, 0.6) is 0 Å². The van der Waals surface area contributed by atoms with Crippen LogP contribution in [0.1, 0.15) is 6.92 Å². The fourth-order valence-corrected chi connectivity index (χ4v) is 1.95. The topological polar surface area (TPSA) is 98.8 Å². The molecule has 0 aliphatic rings. The summed E-state index contributed by atoms with van der Waals surface area (Å²) in [5, 5.41) is 2.80. The summed E-state index contributed by atoms with van der Waals surface area (Å²) in [5.41, 5.74) is 0. The van der Waals surface area contributed by atoms with Crippen molar-refractivity contribution in [3.05, 3.63) is 0 Å². The first-order valence-electron chi connectivity index (χ1n) is 4.53. The Kier molecular flexibility index (Phi) is 6.41. The monoisotopic (exact) mass is 275 g/mol. The van der Waals surface area contributed by atoms with Crippen LogP contribution in [0.2, 0.25) is 0 Å². The van der Waals surface area contributed by atoms with Gasteiger partial charge in [0.15, 0.2) is 0 Å². The molecular formula is C7H17NO6S2. The summed E-state index contributed by atoms with van der Waals surface area (Å²) in [7, 11) is -6.88. The fraction of sp³-hybridized carbons (Fsp3) is 1.00. The minimum Gasteiger partial charge on any atom is -0.312 e. The summed E-state index contributed by atoms with van der Waals surface area (Å²) in [4.78, 5) is 0. The molecule has 1 atom stereocenters. The lowest BCUT2D eigenvalue weighted by Gasteiger charge is -2.11. The normalized spacial score (nSPS) is 14.9. The molecule has 98 valence electrons. The second-order valence-electron chi connectivity index (χ2n) is 3.34. The molecule has 0 bridgehead atoms. The molecule has 0 spiro atoms. The van der Waals surface area contributed by atoms with Gasteiger partial charge in [-0.1, -0.05) is 0 Å². The summed E-state index contributed by atoms with van der Waals surface area (Å²) in [5.74, 6) is 0. The average molecular weight is 275 g/mol. The molecule has 1 N–H and O–H groups in total. The molecule has 0 saturated heterocycles. The van der Waals surface area contributed by atoms with Crippen LogP contribution in [0.3, 0.4) is 0 Å². The maximum Gasteiger partial charge on any atom is 0.264 e. The van der Waals surface area contributed by atoms with Crippen LogP contribution >= 0.6 is 0 Å². The molecule has 0 unspecified atom stereocenters. The summed E-state index contributed by atoms with van der Waals surface area (Å²) in [6.07, 6.45) is 1.42. The number of rotatable bonds is 8. The summed E-state index contributed by atoms with van der Waals surface area (Å²) in [6, 6.07) is 0. The Balaban J connectivity index is 3.60. The van der Waals surface area contributed by atoms with Gasteiger partial charge in [-0.2, -0.15) is 16.8 Å². The van der Waals surface area contributed by atoms with E-state index in [0.717, 1.165) is 12.5 Å². The first kappa shape index (κ1) is 15.8. The minimum atomic E-state index is -3.46. The Bertz CT molecular complexity index is 387. The maximum absolute atomic E-state index is 10.7. The van der Waals surface area contributed by atoms with Gasteiger partial charge in [0.2, 0.25) is 0 Å². The molecule has 0 fully saturated rings. The molecule has 16 heavy (non-hydrogen) atoms. The molecule has 7 nitrogen and oxygen atoms in total. The molecule has 0 heterocycles. The molecular weight excluding hydrogens is 258 g/mol. The third kappa shape index (κ3) is 11.9. The lowest BCUT2D eigenvalue weighted by atomic mass is 10.4. The largest absolute Gasteiger partial charge is 0.312 e. The van der Waals surface area contributed by atoms with Crippen molar-refractivity contribution >= 4 is 20.2 Å². The Labute approximate surface area is 96.4 Å². The van der Waals surface area contributed by atoms with E-state index in [9.17, 15) is 16.8 Å². The van der Waals surface area contributed by atoms with E-state index in [-0.39, 0.29) is 6.61 Å². The molecule has 0 aromatic rings. The molecule has 9 heteroatoms. The standard InChI is InChI=1S/C7H17NO6S2/c1-7(14-16(3,11)12)6-8-4-5-13-15(2,9)10/h7-8H,4-6H2,1-3H3/t7-/m1/s1.